The molecule has 3 N–H and O–H groups in total. The summed E-state index contributed by atoms with van der Waals surface area (Å²) in [6.07, 6.45) is 3.15. The van der Waals surface area contributed by atoms with Gasteiger partial charge in [0.05, 0.1) is 35.9 Å². The van der Waals surface area contributed by atoms with Crippen molar-refractivity contribution in [3.63, 3.8) is 0 Å². The van der Waals surface area contributed by atoms with Crippen molar-refractivity contribution >= 4 is 85.2 Å². The molecule has 31 heteroatoms. The third-order valence-corrected chi connectivity index (χ3v) is 17.9. The fourth-order valence-corrected chi connectivity index (χ4v) is 12.5. The molecule has 7 heterocycles. The van der Waals surface area contributed by atoms with Crippen LogP contribution < -0.4 is 30.2 Å². The SMILES string of the molecule is Cc1cc(-c2ncnn2C)c2cccc(OCc3c(Cl)cc(F)cc3[C@H](C)NC(=O)C(C)F)c2n1.[2H][C@@](C)(NC(=O)C(C)F)c1cc(F)cc(Cl)c1COc1cccc2c(-c3ncnn3C)cc(C)nc12.[2H][C@@](C)(NC(=O)c1cocn1)c1cc(F)cc(Cl)c1COc1cccc2c(-c3ncnn3C)cc(C)nc12. The van der Waals surface area contributed by atoms with Gasteiger partial charge in [-0.1, -0.05) is 71.2 Å². The van der Waals surface area contributed by atoms with E-state index in [4.69, 9.17) is 56.2 Å². The number of carbonyl (C=O) groups excluding carboxylic acids is 3. The Morgan fingerprint density at radius 2 is 0.841 bits per heavy atom. The maximum Gasteiger partial charge on any atom is 0.273 e. The van der Waals surface area contributed by atoms with Crippen molar-refractivity contribution in [3.8, 4) is 51.4 Å². The molecule has 2 unspecified atom stereocenters. The van der Waals surface area contributed by atoms with Crippen LogP contribution in [0.2, 0.25) is 15.1 Å². The van der Waals surface area contributed by atoms with Crippen molar-refractivity contribution in [2.75, 3.05) is 0 Å². The average Bonchev–Trinajstić information content (AvgIpc) is 1.75. The molecule has 7 aromatic heterocycles. The van der Waals surface area contributed by atoms with E-state index < -0.39 is 65.6 Å². The quantitative estimate of drug-likeness (QED) is 0.0564. The fraction of sp³-hybridized carbons (Fsp3) is 0.250. The van der Waals surface area contributed by atoms with Crippen LogP contribution >= 0.6 is 34.8 Å². The minimum absolute atomic E-state index is 0.00942. The Balaban J connectivity index is 0.000000163. The molecule has 0 aliphatic heterocycles. The zero-order valence-corrected chi connectivity index (χ0v) is 61.6. The predicted octanol–water partition coefficient (Wildman–Crippen LogP) is 15.7. The highest BCUT2D eigenvalue weighted by Gasteiger charge is 2.26. The van der Waals surface area contributed by atoms with E-state index >= 15 is 0 Å². The van der Waals surface area contributed by atoms with Crippen LogP contribution in [-0.4, -0.2) is 94.3 Å². The minimum Gasteiger partial charge on any atom is -0.487 e. The first-order chi connectivity index (χ1) is 51.8. The van der Waals surface area contributed by atoms with Crippen LogP contribution in [0.25, 0.3) is 66.9 Å². The van der Waals surface area contributed by atoms with Crippen LogP contribution in [0.1, 0.15) is 116 Å². The number of hydrogen-bond donors (Lipinski definition) is 3. The van der Waals surface area contributed by atoms with Crippen molar-refractivity contribution in [3.05, 3.63) is 230 Å². The molecule has 0 spiro atoms. The molecule has 107 heavy (non-hydrogen) atoms. The van der Waals surface area contributed by atoms with Gasteiger partial charge < -0.3 is 34.6 Å². The number of benzene rings is 6. The number of alkyl halides is 2. The summed E-state index contributed by atoms with van der Waals surface area (Å²) in [4.78, 5) is 67.2. The predicted molar refractivity (Wildman–Crippen MR) is 393 cm³/mol. The average molecular weight is 1520 g/mol. The summed E-state index contributed by atoms with van der Waals surface area (Å²) < 4.78 is 115. The Morgan fingerprint density at radius 1 is 0.495 bits per heavy atom. The molecule has 0 fully saturated rings. The second-order valence-corrected chi connectivity index (χ2v) is 25.9. The summed E-state index contributed by atoms with van der Waals surface area (Å²) in [6.45, 7) is 11.9. The highest BCUT2D eigenvalue weighted by atomic mass is 35.5. The van der Waals surface area contributed by atoms with Crippen LogP contribution in [0.4, 0.5) is 22.0 Å². The summed E-state index contributed by atoms with van der Waals surface area (Å²) in [7, 11) is 5.41. The number of aryl methyl sites for hydroxylation is 6. The van der Waals surface area contributed by atoms with Gasteiger partial charge in [0.1, 0.15) is 96.3 Å². The number of pyridine rings is 3. The van der Waals surface area contributed by atoms with Gasteiger partial charge in [0.2, 0.25) is 0 Å². The summed E-state index contributed by atoms with van der Waals surface area (Å²) in [6, 6.07) is 24.8. The molecule has 13 rings (SSSR count). The lowest BCUT2D eigenvalue weighted by Crippen LogP contribution is -2.33. The Bertz CT molecular complexity index is 5590. The van der Waals surface area contributed by atoms with Gasteiger partial charge in [0.25, 0.3) is 17.7 Å². The number of halogens is 8. The van der Waals surface area contributed by atoms with E-state index in [2.05, 4.69) is 66.1 Å². The summed E-state index contributed by atoms with van der Waals surface area (Å²) in [5.41, 5.74) is 8.22. The maximum absolute atomic E-state index is 14.4. The number of carbonyl (C=O) groups is 3. The number of ether oxygens (including phenoxy) is 3. The van der Waals surface area contributed by atoms with E-state index in [0.717, 1.165) is 101 Å². The van der Waals surface area contributed by atoms with Crippen LogP contribution in [-0.2, 0) is 50.6 Å². The van der Waals surface area contributed by atoms with Crippen LogP contribution in [0.5, 0.6) is 17.2 Å². The van der Waals surface area contributed by atoms with Crippen LogP contribution in [0.3, 0.4) is 0 Å². The molecule has 6 aromatic carbocycles. The Hall–Kier alpha value is -11.5. The second-order valence-electron chi connectivity index (χ2n) is 24.7. The fourth-order valence-electron chi connectivity index (χ4n) is 11.7. The van der Waals surface area contributed by atoms with Gasteiger partial charge >= 0.3 is 0 Å². The monoisotopic (exact) mass is 1520 g/mol. The zero-order valence-electron chi connectivity index (χ0n) is 61.3. The number of aromatic nitrogens is 13. The summed E-state index contributed by atoms with van der Waals surface area (Å²) in [5.74, 6) is -0.966. The van der Waals surface area contributed by atoms with Crippen molar-refractivity contribution < 1.29 is 57.7 Å². The molecule has 0 aliphatic carbocycles. The van der Waals surface area contributed by atoms with Gasteiger partial charge in [-0.05, 0) is 145 Å². The largest absolute Gasteiger partial charge is 0.487 e. The summed E-state index contributed by atoms with van der Waals surface area (Å²) >= 11 is 19.1. The van der Waals surface area contributed by atoms with E-state index in [1.807, 2.05) is 83.4 Å². The molecule has 0 saturated carbocycles. The lowest BCUT2D eigenvalue weighted by Gasteiger charge is -2.20. The van der Waals surface area contributed by atoms with Crippen LogP contribution in [0, 0.1) is 38.2 Å². The molecule has 0 aliphatic rings. The second kappa shape index (κ2) is 33.3. The van der Waals surface area contributed by atoms with Gasteiger partial charge in [0, 0.05) is 87.8 Å². The lowest BCUT2D eigenvalue weighted by molar-refractivity contribution is -0.126. The zero-order chi connectivity index (χ0) is 78.5. The number of rotatable bonds is 21. The van der Waals surface area contributed by atoms with Gasteiger partial charge in [-0.3, -0.25) is 14.4 Å². The number of oxazole rings is 1. The van der Waals surface area contributed by atoms with Gasteiger partial charge in [-0.2, -0.15) is 15.3 Å². The maximum atomic E-state index is 14.4. The van der Waals surface area contributed by atoms with Crippen molar-refractivity contribution in [1.82, 2.24) is 80.2 Å². The Labute approximate surface area is 627 Å². The normalized spacial score (nSPS) is 13.5. The molecule has 552 valence electrons. The molecular formula is C76H70Cl3F5N16O7. The highest BCUT2D eigenvalue weighted by molar-refractivity contribution is 6.32. The Morgan fingerprint density at radius 3 is 1.18 bits per heavy atom. The number of nitrogens with zero attached hydrogens (tertiary/aromatic N) is 13. The topological polar surface area (TPSA) is 272 Å². The minimum atomic E-state index is -1.87. The number of para-hydroxylation sites is 3. The number of hydrogen-bond acceptors (Lipinski definition) is 17. The third kappa shape index (κ3) is 17.6. The molecule has 0 saturated heterocycles. The van der Waals surface area contributed by atoms with Crippen molar-refractivity contribution in [2.24, 2.45) is 21.1 Å². The van der Waals surface area contributed by atoms with Crippen molar-refractivity contribution in [2.45, 2.75) is 106 Å². The number of nitrogens with one attached hydrogen (secondary N) is 3. The third-order valence-electron chi connectivity index (χ3n) is 16.9. The lowest BCUT2D eigenvalue weighted by atomic mass is 10.0. The van der Waals surface area contributed by atoms with Crippen LogP contribution in [0.15, 0.2) is 145 Å². The molecular weight excluding hydrogens is 1450 g/mol. The van der Waals surface area contributed by atoms with Gasteiger partial charge in [0.15, 0.2) is 41.9 Å². The molecule has 5 atom stereocenters. The first-order valence-electron chi connectivity index (χ1n) is 34.0. The molecule has 0 radical (unpaired) electrons. The number of amides is 3. The van der Waals surface area contributed by atoms with Gasteiger partial charge in [-0.15, -0.1) is 0 Å². The molecule has 13 aromatic rings. The smallest absolute Gasteiger partial charge is 0.273 e. The highest BCUT2D eigenvalue weighted by Crippen LogP contribution is 2.39. The van der Waals surface area contributed by atoms with Gasteiger partial charge in [-0.25, -0.2) is 70.9 Å². The Kier molecular flexibility index (Phi) is 23.0. The molecule has 3 amide bonds. The number of fused-ring (bicyclic) bond motifs is 3. The van der Waals surface area contributed by atoms with Crippen molar-refractivity contribution in [1.29, 1.82) is 0 Å². The first kappa shape index (κ1) is 73.8. The summed E-state index contributed by atoms with van der Waals surface area (Å²) in [5, 5.41) is 22.4. The molecule has 0 bridgehead atoms. The van der Waals surface area contributed by atoms with E-state index in [0.29, 0.717) is 68.0 Å². The standard InChI is InChI=1S/C26H22ClFN6O3.2C25H24ClF2N5O2/c1-14-7-19(25-29-12-31-34(25)3)17-5-4-6-23(24(17)32-14)37-10-20-18(8-16(28)9-21(20)27)15(2)33-26(35)22-11-36-13-30-22;2*1-13-8-19(24-29-12-30-33(24)4)17-6-5-7-22(23(17)31-13)35-11-20-18(9-16(28)10-21(20)26)15(3)32-25(34)14(2)27/h4-9,11-13,15H,10H2,1-3H3,(H,33,35);2*5-10,12,14-15H,11H2,1-4H3,(H,32,34)/t15-;2*14?,15-/m000/s1/i2*15D;. The molecule has 23 nitrogen and oxygen atoms in total. The van der Waals surface area contributed by atoms with E-state index in [1.165, 1.54) is 45.0 Å². The first-order valence-corrected chi connectivity index (χ1v) is 34.1. The van der Waals surface area contributed by atoms with E-state index in [9.17, 15) is 36.3 Å². The van der Waals surface area contributed by atoms with E-state index in [1.54, 1.807) is 52.3 Å². The van der Waals surface area contributed by atoms with E-state index in [-0.39, 0.29) is 57.3 Å².